The highest BCUT2D eigenvalue weighted by Gasteiger charge is 2.00. The van der Waals surface area contributed by atoms with Crippen LogP contribution in [0.25, 0.3) is 11.0 Å². The first-order valence-electron chi connectivity index (χ1n) is 4.86. The summed E-state index contributed by atoms with van der Waals surface area (Å²) in [4.78, 5) is 7.22. The van der Waals surface area contributed by atoms with E-state index in [2.05, 4.69) is 22.1 Å². The van der Waals surface area contributed by atoms with E-state index in [1.165, 1.54) is 5.56 Å². The number of nitrogens with one attached hydrogen (secondary N) is 1. The van der Waals surface area contributed by atoms with Crippen molar-refractivity contribution in [2.45, 2.75) is 25.9 Å². The van der Waals surface area contributed by atoms with Gasteiger partial charge in [0.2, 0.25) is 0 Å². The first-order chi connectivity index (χ1) is 6.75. The lowest BCUT2D eigenvalue weighted by Crippen LogP contribution is -2.01. The Kier molecular flexibility index (Phi) is 2.50. The summed E-state index contributed by atoms with van der Waals surface area (Å²) in [7, 11) is 0. The predicted molar refractivity (Wildman–Crippen MR) is 56.1 cm³/mol. The molecular formula is C11H14N2O. The fourth-order valence-electron chi connectivity index (χ4n) is 1.51. The molecule has 0 spiro atoms. The largest absolute Gasteiger partial charge is 0.393 e. The summed E-state index contributed by atoms with van der Waals surface area (Å²) < 4.78 is 0. The zero-order valence-electron chi connectivity index (χ0n) is 8.20. The minimum absolute atomic E-state index is 0.229. The van der Waals surface area contributed by atoms with Crippen LogP contribution < -0.4 is 0 Å². The van der Waals surface area contributed by atoms with Crippen LogP contribution >= 0.6 is 0 Å². The third-order valence-corrected chi connectivity index (χ3v) is 2.34. The Hall–Kier alpha value is -1.35. The van der Waals surface area contributed by atoms with E-state index in [-0.39, 0.29) is 6.10 Å². The first-order valence-corrected chi connectivity index (χ1v) is 4.86. The number of aliphatic hydroxyl groups excluding tert-OH is 1. The molecule has 1 aromatic heterocycles. The molecule has 1 aromatic carbocycles. The molecule has 1 heterocycles. The van der Waals surface area contributed by atoms with Crippen molar-refractivity contribution in [2.24, 2.45) is 0 Å². The molecule has 0 aliphatic rings. The number of nitrogens with zero attached hydrogens (tertiary/aromatic N) is 1. The fourth-order valence-corrected chi connectivity index (χ4v) is 1.51. The summed E-state index contributed by atoms with van der Waals surface area (Å²) in [6, 6.07) is 6.15. The summed E-state index contributed by atoms with van der Waals surface area (Å²) in [5, 5.41) is 9.17. The Labute approximate surface area is 82.8 Å². The summed E-state index contributed by atoms with van der Waals surface area (Å²) in [5.74, 6) is 0. The number of aromatic amines is 1. The highest BCUT2D eigenvalue weighted by molar-refractivity contribution is 5.74. The van der Waals surface area contributed by atoms with Crippen LogP contribution in [-0.4, -0.2) is 21.2 Å². The molecule has 0 amide bonds. The van der Waals surface area contributed by atoms with Crippen LogP contribution in [0, 0.1) is 0 Å². The van der Waals surface area contributed by atoms with Crippen LogP contribution in [0.4, 0.5) is 0 Å². The van der Waals surface area contributed by atoms with Gasteiger partial charge in [-0.2, -0.15) is 0 Å². The molecule has 0 aliphatic carbocycles. The van der Waals surface area contributed by atoms with Crippen molar-refractivity contribution >= 4 is 11.0 Å². The van der Waals surface area contributed by atoms with Gasteiger partial charge in [-0.05, 0) is 37.5 Å². The van der Waals surface area contributed by atoms with Gasteiger partial charge in [-0.1, -0.05) is 6.07 Å². The molecule has 2 aromatic rings. The maximum absolute atomic E-state index is 9.17. The molecule has 0 unspecified atom stereocenters. The van der Waals surface area contributed by atoms with Gasteiger partial charge in [0, 0.05) is 0 Å². The third-order valence-electron chi connectivity index (χ3n) is 2.34. The van der Waals surface area contributed by atoms with E-state index in [0.717, 1.165) is 23.9 Å². The minimum Gasteiger partial charge on any atom is -0.393 e. The topological polar surface area (TPSA) is 48.9 Å². The molecule has 0 fully saturated rings. The number of aryl methyl sites for hydroxylation is 1. The van der Waals surface area contributed by atoms with Gasteiger partial charge in [0.1, 0.15) is 0 Å². The lowest BCUT2D eigenvalue weighted by atomic mass is 10.1. The van der Waals surface area contributed by atoms with E-state index >= 15 is 0 Å². The van der Waals surface area contributed by atoms with Crippen molar-refractivity contribution in [1.82, 2.24) is 9.97 Å². The number of fused-ring (bicyclic) bond motifs is 1. The van der Waals surface area contributed by atoms with E-state index in [0.29, 0.717) is 0 Å². The molecule has 14 heavy (non-hydrogen) atoms. The van der Waals surface area contributed by atoms with Crippen LogP contribution in [0.1, 0.15) is 18.9 Å². The molecule has 3 heteroatoms. The van der Waals surface area contributed by atoms with Crippen LogP contribution in [-0.2, 0) is 6.42 Å². The third kappa shape index (κ3) is 1.93. The van der Waals surface area contributed by atoms with Gasteiger partial charge in [0.05, 0.1) is 23.5 Å². The summed E-state index contributed by atoms with van der Waals surface area (Å²) in [6.07, 6.45) is 3.18. The van der Waals surface area contributed by atoms with Gasteiger partial charge in [-0.3, -0.25) is 0 Å². The van der Waals surface area contributed by atoms with Crippen LogP contribution in [0.5, 0.6) is 0 Å². The van der Waals surface area contributed by atoms with Crippen molar-refractivity contribution < 1.29 is 5.11 Å². The molecular weight excluding hydrogens is 176 g/mol. The second-order valence-corrected chi connectivity index (χ2v) is 3.64. The van der Waals surface area contributed by atoms with E-state index in [1.54, 1.807) is 6.33 Å². The number of benzene rings is 1. The minimum atomic E-state index is -0.229. The van der Waals surface area contributed by atoms with Crippen molar-refractivity contribution in [2.75, 3.05) is 0 Å². The van der Waals surface area contributed by atoms with Gasteiger partial charge in [-0.25, -0.2) is 4.98 Å². The zero-order chi connectivity index (χ0) is 9.97. The normalized spacial score (nSPS) is 13.3. The molecule has 3 nitrogen and oxygen atoms in total. The second kappa shape index (κ2) is 3.80. The van der Waals surface area contributed by atoms with E-state index in [9.17, 15) is 0 Å². The second-order valence-electron chi connectivity index (χ2n) is 3.64. The number of H-pyrrole nitrogens is 1. The Morgan fingerprint density at radius 3 is 3.14 bits per heavy atom. The van der Waals surface area contributed by atoms with Gasteiger partial charge >= 0.3 is 0 Å². The number of aromatic nitrogens is 2. The van der Waals surface area contributed by atoms with Crippen LogP contribution in [0.3, 0.4) is 0 Å². The molecule has 2 N–H and O–H groups in total. The van der Waals surface area contributed by atoms with Crippen molar-refractivity contribution in [3.05, 3.63) is 30.1 Å². The summed E-state index contributed by atoms with van der Waals surface area (Å²) in [6.45, 7) is 1.81. The average Bonchev–Trinajstić information content (AvgIpc) is 2.61. The standard InChI is InChI=1S/C11H14N2O/c1-8(14)2-3-9-4-5-10-11(6-9)13-7-12-10/h4-8,14H,2-3H2,1H3,(H,12,13)/t8-/m1/s1. The zero-order valence-corrected chi connectivity index (χ0v) is 8.20. The molecule has 1 atom stereocenters. The number of hydrogen-bond acceptors (Lipinski definition) is 2. The fraction of sp³-hybridized carbons (Fsp3) is 0.364. The highest BCUT2D eigenvalue weighted by Crippen LogP contribution is 2.13. The lowest BCUT2D eigenvalue weighted by Gasteiger charge is -2.03. The van der Waals surface area contributed by atoms with E-state index in [1.807, 2.05) is 13.0 Å². The highest BCUT2D eigenvalue weighted by atomic mass is 16.3. The van der Waals surface area contributed by atoms with Crippen LogP contribution in [0.2, 0.25) is 0 Å². The van der Waals surface area contributed by atoms with Gasteiger partial charge in [0.25, 0.3) is 0 Å². The molecule has 0 bridgehead atoms. The van der Waals surface area contributed by atoms with E-state index in [4.69, 9.17) is 5.11 Å². The molecule has 0 aliphatic heterocycles. The predicted octanol–water partition coefficient (Wildman–Crippen LogP) is 1.88. The molecule has 74 valence electrons. The smallest absolute Gasteiger partial charge is 0.0931 e. The Balaban J connectivity index is 2.17. The van der Waals surface area contributed by atoms with Crippen molar-refractivity contribution in [3.8, 4) is 0 Å². The Morgan fingerprint density at radius 1 is 1.50 bits per heavy atom. The molecule has 0 saturated heterocycles. The quantitative estimate of drug-likeness (QED) is 0.776. The Morgan fingerprint density at radius 2 is 2.36 bits per heavy atom. The maximum Gasteiger partial charge on any atom is 0.0931 e. The first kappa shape index (κ1) is 9.21. The number of rotatable bonds is 3. The van der Waals surface area contributed by atoms with Crippen LogP contribution in [0.15, 0.2) is 24.5 Å². The van der Waals surface area contributed by atoms with Crippen molar-refractivity contribution in [3.63, 3.8) is 0 Å². The number of aliphatic hydroxyl groups is 1. The van der Waals surface area contributed by atoms with Gasteiger partial charge in [0.15, 0.2) is 0 Å². The average molecular weight is 190 g/mol. The lowest BCUT2D eigenvalue weighted by molar-refractivity contribution is 0.185. The molecule has 0 saturated carbocycles. The SMILES string of the molecule is C[C@@H](O)CCc1ccc2nc[nH]c2c1. The van der Waals surface area contributed by atoms with E-state index < -0.39 is 0 Å². The summed E-state index contributed by atoms with van der Waals surface area (Å²) >= 11 is 0. The monoisotopic (exact) mass is 190 g/mol. The Bertz CT molecular complexity index is 420. The summed E-state index contributed by atoms with van der Waals surface area (Å²) in [5.41, 5.74) is 3.29. The van der Waals surface area contributed by atoms with Crippen molar-refractivity contribution in [1.29, 1.82) is 0 Å². The molecule has 0 radical (unpaired) electrons. The van der Waals surface area contributed by atoms with Gasteiger partial charge < -0.3 is 10.1 Å². The number of imidazole rings is 1. The molecule has 2 rings (SSSR count). The number of hydrogen-bond donors (Lipinski definition) is 2. The van der Waals surface area contributed by atoms with Gasteiger partial charge in [-0.15, -0.1) is 0 Å². The maximum atomic E-state index is 9.17.